The number of carbonyl (C=O) groups excluding carboxylic acids is 2. The molecule has 2 aromatic heterocycles. The molecule has 1 aliphatic rings. The second kappa shape index (κ2) is 7.10. The largest absolute Gasteiger partial charge is 0.365 e. The molecule has 0 radical (unpaired) electrons. The number of primary amides is 1. The molecule has 3 rings (SSSR count). The van der Waals surface area contributed by atoms with Crippen LogP contribution in [0.4, 0.5) is 5.82 Å². The number of nitrogens with two attached hydrogens (primary N) is 1. The van der Waals surface area contributed by atoms with Gasteiger partial charge in [0, 0.05) is 38.6 Å². The maximum atomic E-state index is 12.6. The first-order chi connectivity index (χ1) is 12.0. The standard InChI is InChI=1S/C16H19ClN6O2/c1-11(23-10-12(17)9-20-23)16(25)22-7-5-21(6-8-22)15-13(14(18)24)3-2-4-19-15/h2-4,9-11H,5-8H2,1H3,(H2,18,24). The molecule has 8 nitrogen and oxygen atoms in total. The Balaban J connectivity index is 1.66. The van der Waals surface area contributed by atoms with Crippen molar-refractivity contribution in [2.45, 2.75) is 13.0 Å². The van der Waals surface area contributed by atoms with Crippen molar-refractivity contribution in [2.24, 2.45) is 5.73 Å². The summed E-state index contributed by atoms with van der Waals surface area (Å²) in [5.41, 5.74) is 5.80. The first kappa shape index (κ1) is 17.2. The van der Waals surface area contributed by atoms with Gasteiger partial charge in [-0.25, -0.2) is 4.98 Å². The molecule has 1 atom stereocenters. The van der Waals surface area contributed by atoms with E-state index in [-0.39, 0.29) is 5.91 Å². The Labute approximate surface area is 150 Å². The molecular formula is C16H19ClN6O2. The van der Waals surface area contributed by atoms with Crippen LogP contribution in [-0.2, 0) is 4.79 Å². The molecule has 0 aromatic carbocycles. The fraction of sp³-hybridized carbons (Fsp3) is 0.375. The van der Waals surface area contributed by atoms with E-state index < -0.39 is 11.9 Å². The molecule has 9 heteroatoms. The van der Waals surface area contributed by atoms with Gasteiger partial charge in [0.2, 0.25) is 5.91 Å². The summed E-state index contributed by atoms with van der Waals surface area (Å²) in [6.07, 6.45) is 4.77. The molecule has 25 heavy (non-hydrogen) atoms. The van der Waals surface area contributed by atoms with E-state index in [1.165, 1.54) is 6.20 Å². The molecule has 1 unspecified atom stereocenters. The number of anilines is 1. The normalized spacial score (nSPS) is 15.9. The number of aromatic nitrogens is 3. The summed E-state index contributed by atoms with van der Waals surface area (Å²) in [6.45, 7) is 4.02. The van der Waals surface area contributed by atoms with Crippen molar-refractivity contribution >= 4 is 29.2 Å². The molecule has 2 aromatic rings. The molecular weight excluding hydrogens is 344 g/mol. The molecule has 0 spiro atoms. The number of amides is 2. The fourth-order valence-corrected chi connectivity index (χ4v) is 3.03. The first-order valence-corrected chi connectivity index (χ1v) is 8.33. The number of nitrogens with zero attached hydrogens (tertiary/aromatic N) is 5. The van der Waals surface area contributed by atoms with E-state index in [1.54, 1.807) is 41.0 Å². The topological polar surface area (TPSA) is 97.4 Å². The highest BCUT2D eigenvalue weighted by Crippen LogP contribution is 2.20. The van der Waals surface area contributed by atoms with Crippen molar-refractivity contribution in [3.05, 3.63) is 41.3 Å². The number of piperazine rings is 1. The Hall–Kier alpha value is -2.61. The van der Waals surface area contributed by atoms with Gasteiger partial charge in [0.1, 0.15) is 11.9 Å². The highest BCUT2D eigenvalue weighted by atomic mass is 35.5. The van der Waals surface area contributed by atoms with Crippen molar-refractivity contribution in [1.82, 2.24) is 19.7 Å². The predicted molar refractivity (Wildman–Crippen MR) is 93.5 cm³/mol. The Morgan fingerprint density at radius 3 is 2.60 bits per heavy atom. The minimum atomic E-state index is -0.509. The number of halogens is 1. The van der Waals surface area contributed by atoms with Crippen molar-refractivity contribution in [3.8, 4) is 0 Å². The lowest BCUT2D eigenvalue weighted by molar-refractivity contribution is -0.134. The van der Waals surface area contributed by atoms with Gasteiger partial charge >= 0.3 is 0 Å². The molecule has 1 saturated heterocycles. The fourth-order valence-electron chi connectivity index (χ4n) is 2.88. The lowest BCUT2D eigenvalue weighted by Crippen LogP contribution is -2.51. The van der Waals surface area contributed by atoms with E-state index in [0.717, 1.165) is 0 Å². The van der Waals surface area contributed by atoms with E-state index in [1.807, 2.05) is 4.90 Å². The van der Waals surface area contributed by atoms with Gasteiger partial charge in [-0.2, -0.15) is 5.10 Å². The van der Waals surface area contributed by atoms with Gasteiger partial charge < -0.3 is 15.5 Å². The van der Waals surface area contributed by atoms with Gasteiger partial charge in [-0.05, 0) is 19.1 Å². The van der Waals surface area contributed by atoms with Gasteiger partial charge in [0.25, 0.3) is 5.91 Å². The average molecular weight is 363 g/mol. The monoisotopic (exact) mass is 362 g/mol. The third-order valence-electron chi connectivity index (χ3n) is 4.27. The van der Waals surface area contributed by atoms with Crippen molar-refractivity contribution in [2.75, 3.05) is 31.1 Å². The van der Waals surface area contributed by atoms with Crippen LogP contribution in [0.1, 0.15) is 23.3 Å². The second-order valence-electron chi connectivity index (χ2n) is 5.87. The number of rotatable bonds is 4. The summed E-state index contributed by atoms with van der Waals surface area (Å²) in [6, 6.07) is 2.92. The van der Waals surface area contributed by atoms with Gasteiger partial charge in [-0.15, -0.1) is 0 Å². The van der Waals surface area contributed by atoms with E-state index in [4.69, 9.17) is 17.3 Å². The maximum absolute atomic E-state index is 12.6. The lowest BCUT2D eigenvalue weighted by atomic mass is 10.2. The Kier molecular flexibility index (Phi) is 4.89. The molecule has 1 aliphatic heterocycles. The van der Waals surface area contributed by atoms with Crippen LogP contribution in [0.3, 0.4) is 0 Å². The zero-order valence-corrected chi connectivity index (χ0v) is 14.6. The summed E-state index contributed by atoms with van der Waals surface area (Å²) in [7, 11) is 0. The van der Waals surface area contributed by atoms with Crippen molar-refractivity contribution in [3.63, 3.8) is 0 Å². The highest BCUT2D eigenvalue weighted by Gasteiger charge is 2.28. The smallest absolute Gasteiger partial charge is 0.252 e. The average Bonchev–Trinajstić information content (AvgIpc) is 3.07. The Morgan fingerprint density at radius 1 is 1.28 bits per heavy atom. The highest BCUT2D eigenvalue weighted by molar-refractivity contribution is 6.30. The van der Waals surface area contributed by atoms with E-state index in [0.29, 0.717) is 42.6 Å². The SMILES string of the molecule is CC(C(=O)N1CCN(c2ncccc2C(N)=O)CC1)n1cc(Cl)cn1. The Morgan fingerprint density at radius 2 is 2.00 bits per heavy atom. The number of hydrogen-bond donors (Lipinski definition) is 1. The van der Waals surface area contributed by atoms with Crippen LogP contribution in [0.25, 0.3) is 0 Å². The lowest BCUT2D eigenvalue weighted by Gasteiger charge is -2.37. The molecule has 0 aliphatic carbocycles. The number of pyridine rings is 1. The molecule has 132 valence electrons. The zero-order valence-electron chi connectivity index (χ0n) is 13.8. The minimum absolute atomic E-state index is 0.0180. The molecule has 0 saturated carbocycles. The van der Waals surface area contributed by atoms with Crippen LogP contribution in [0.2, 0.25) is 5.02 Å². The zero-order chi connectivity index (χ0) is 18.0. The summed E-state index contributed by atoms with van der Waals surface area (Å²) >= 11 is 5.86. The Bertz CT molecular complexity index is 784. The third-order valence-corrected chi connectivity index (χ3v) is 4.46. The van der Waals surface area contributed by atoms with Crippen LogP contribution in [0, 0.1) is 0 Å². The second-order valence-corrected chi connectivity index (χ2v) is 6.30. The molecule has 3 heterocycles. The number of hydrogen-bond acceptors (Lipinski definition) is 5. The van der Waals surface area contributed by atoms with Gasteiger partial charge in [0.15, 0.2) is 0 Å². The summed E-state index contributed by atoms with van der Waals surface area (Å²) in [4.78, 5) is 32.2. The first-order valence-electron chi connectivity index (χ1n) is 7.95. The third kappa shape index (κ3) is 3.58. The van der Waals surface area contributed by atoms with E-state index >= 15 is 0 Å². The van der Waals surface area contributed by atoms with Crippen LogP contribution in [0.5, 0.6) is 0 Å². The van der Waals surface area contributed by atoms with Crippen LogP contribution >= 0.6 is 11.6 Å². The van der Waals surface area contributed by atoms with E-state index in [2.05, 4.69) is 10.1 Å². The summed E-state index contributed by atoms with van der Waals surface area (Å²) < 4.78 is 1.56. The van der Waals surface area contributed by atoms with Crippen LogP contribution in [0.15, 0.2) is 30.7 Å². The molecule has 1 fully saturated rings. The van der Waals surface area contributed by atoms with Gasteiger partial charge in [-0.1, -0.05) is 11.6 Å². The van der Waals surface area contributed by atoms with Gasteiger partial charge in [-0.3, -0.25) is 14.3 Å². The number of carbonyl (C=O) groups is 2. The predicted octanol–water partition coefficient (Wildman–Crippen LogP) is 0.940. The quantitative estimate of drug-likeness (QED) is 0.873. The maximum Gasteiger partial charge on any atom is 0.252 e. The summed E-state index contributed by atoms with van der Waals surface area (Å²) in [5.74, 6) is 0.0374. The molecule has 2 amide bonds. The minimum Gasteiger partial charge on any atom is -0.365 e. The van der Waals surface area contributed by atoms with Crippen molar-refractivity contribution < 1.29 is 9.59 Å². The van der Waals surface area contributed by atoms with E-state index in [9.17, 15) is 9.59 Å². The van der Waals surface area contributed by atoms with Crippen LogP contribution in [-0.4, -0.2) is 57.7 Å². The van der Waals surface area contributed by atoms with Crippen LogP contribution < -0.4 is 10.6 Å². The molecule has 2 N–H and O–H groups in total. The molecule has 0 bridgehead atoms. The summed E-state index contributed by atoms with van der Waals surface area (Å²) in [5, 5.41) is 4.59. The van der Waals surface area contributed by atoms with Gasteiger partial charge in [0.05, 0.1) is 16.8 Å². The van der Waals surface area contributed by atoms with Crippen molar-refractivity contribution in [1.29, 1.82) is 0 Å².